The third-order valence-electron chi connectivity index (χ3n) is 5.88. The standard InChI is InChI=1S/C31H25NO/c1-22-8-10-26(11-9-22)30-20-28(25-16-18-29(33-2)19-17-25)21-31(32-30)27-14-12-24(13-15-27)23-6-4-3-5-7-23/h3-21H,1-2H3. The van der Waals surface area contributed by atoms with E-state index in [0.29, 0.717) is 0 Å². The normalized spacial score (nSPS) is 10.7. The zero-order valence-electron chi connectivity index (χ0n) is 18.8. The van der Waals surface area contributed by atoms with Gasteiger partial charge >= 0.3 is 0 Å². The molecule has 1 heterocycles. The zero-order valence-corrected chi connectivity index (χ0v) is 18.8. The molecule has 0 aliphatic rings. The fraction of sp³-hybridized carbons (Fsp3) is 0.0645. The number of ether oxygens (including phenoxy) is 1. The van der Waals surface area contributed by atoms with E-state index in [4.69, 9.17) is 9.72 Å². The van der Waals surface area contributed by atoms with Crippen molar-refractivity contribution in [2.45, 2.75) is 6.92 Å². The van der Waals surface area contributed by atoms with Gasteiger partial charge in [0.2, 0.25) is 0 Å². The molecule has 160 valence electrons. The lowest BCUT2D eigenvalue weighted by molar-refractivity contribution is 0.415. The SMILES string of the molecule is COc1ccc(-c2cc(-c3ccc(C)cc3)nc(-c3ccc(-c4ccccc4)cc3)c2)cc1. The second kappa shape index (κ2) is 9.13. The molecule has 0 aliphatic carbocycles. The highest BCUT2D eigenvalue weighted by Gasteiger charge is 2.10. The Kier molecular flexibility index (Phi) is 5.73. The number of methoxy groups -OCH3 is 1. The van der Waals surface area contributed by atoms with E-state index in [1.165, 1.54) is 16.7 Å². The summed E-state index contributed by atoms with van der Waals surface area (Å²) in [5, 5.41) is 0. The first-order chi connectivity index (χ1) is 16.2. The molecule has 0 aliphatic heterocycles. The van der Waals surface area contributed by atoms with E-state index >= 15 is 0 Å². The van der Waals surface area contributed by atoms with Gasteiger partial charge in [-0.1, -0.05) is 96.6 Å². The fourth-order valence-corrected chi connectivity index (χ4v) is 3.96. The van der Waals surface area contributed by atoms with Crippen LogP contribution in [-0.4, -0.2) is 12.1 Å². The molecule has 4 aromatic carbocycles. The van der Waals surface area contributed by atoms with E-state index in [1.807, 2.05) is 18.2 Å². The van der Waals surface area contributed by atoms with E-state index < -0.39 is 0 Å². The molecule has 5 aromatic rings. The fourth-order valence-electron chi connectivity index (χ4n) is 3.96. The number of hydrogen-bond donors (Lipinski definition) is 0. The highest BCUT2D eigenvalue weighted by molar-refractivity contribution is 5.78. The van der Waals surface area contributed by atoms with Crippen LogP contribution in [0.15, 0.2) is 115 Å². The maximum atomic E-state index is 5.34. The highest BCUT2D eigenvalue weighted by Crippen LogP contribution is 2.32. The average Bonchev–Trinajstić information content (AvgIpc) is 2.89. The quantitative estimate of drug-likeness (QED) is 0.283. The molecule has 5 rings (SSSR count). The number of rotatable bonds is 5. The van der Waals surface area contributed by atoms with E-state index in [0.717, 1.165) is 39.4 Å². The van der Waals surface area contributed by atoms with Crippen molar-refractivity contribution in [1.29, 1.82) is 0 Å². The minimum absolute atomic E-state index is 0.850. The molecular formula is C31H25NO. The van der Waals surface area contributed by atoms with Crippen LogP contribution in [0.1, 0.15) is 5.56 Å². The van der Waals surface area contributed by atoms with Crippen molar-refractivity contribution in [2.24, 2.45) is 0 Å². The number of aromatic nitrogens is 1. The number of pyridine rings is 1. The molecule has 0 spiro atoms. The summed E-state index contributed by atoms with van der Waals surface area (Å²) in [5.41, 5.74) is 10.0. The Morgan fingerprint density at radius 2 is 0.939 bits per heavy atom. The molecule has 1 aromatic heterocycles. The minimum atomic E-state index is 0.850. The average molecular weight is 428 g/mol. The van der Waals surface area contributed by atoms with Crippen molar-refractivity contribution in [3.05, 3.63) is 121 Å². The van der Waals surface area contributed by atoms with Crippen LogP contribution >= 0.6 is 0 Å². The van der Waals surface area contributed by atoms with Gasteiger partial charge in [-0.2, -0.15) is 0 Å². The van der Waals surface area contributed by atoms with Crippen LogP contribution < -0.4 is 4.74 Å². The molecule has 0 fully saturated rings. The summed E-state index contributed by atoms with van der Waals surface area (Å²) in [4.78, 5) is 5.04. The molecular weight excluding hydrogens is 402 g/mol. The maximum absolute atomic E-state index is 5.34. The molecule has 2 heteroatoms. The van der Waals surface area contributed by atoms with Gasteiger partial charge in [0.15, 0.2) is 0 Å². The molecule has 0 saturated carbocycles. The molecule has 0 radical (unpaired) electrons. The van der Waals surface area contributed by atoms with Gasteiger partial charge in [-0.05, 0) is 53.4 Å². The van der Waals surface area contributed by atoms with Crippen LogP contribution in [0.25, 0.3) is 44.8 Å². The maximum Gasteiger partial charge on any atom is 0.118 e. The highest BCUT2D eigenvalue weighted by atomic mass is 16.5. The second-order valence-corrected chi connectivity index (χ2v) is 8.16. The molecule has 0 N–H and O–H groups in total. The van der Waals surface area contributed by atoms with E-state index in [-0.39, 0.29) is 0 Å². The van der Waals surface area contributed by atoms with Gasteiger partial charge in [0.05, 0.1) is 18.5 Å². The first-order valence-electron chi connectivity index (χ1n) is 11.1. The van der Waals surface area contributed by atoms with Gasteiger partial charge in [0.25, 0.3) is 0 Å². The predicted molar refractivity (Wildman–Crippen MR) is 137 cm³/mol. The smallest absolute Gasteiger partial charge is 0.118 e. The van der Waals surface area contributed by atoms with Crippen LogP contribution in [0.3, 0.4) is 0 Å². The van der Waals surface area contributed by atoms with Crippen molar-refractivity contribution in [1.82, 2.24) is 4.98 Å². The number of hydrogen-bond acceptors (Lipinski definition) is 2. The van der Waals surface area contributed by atoms with Crippen molar-refractivity contribution >= 4 is 0 Å². The largest absolute Gasteiger partial charge is 0.497 e. The monoisotopic (exact) mass is 427 g/mol. The molecule has 0 atom stereocenters. The predicted octanol–water partition coefficient (Wildman–Crippen LogP) is 8.07. The lowest BCUT2D eigenvalue weighted by Crippen LogP contribution is -1.92. The lowest BCUT2D eigenvalue weighted by Gasteiger charge is -2.11. The molecule has 33 heavy (non-hydrogen) atoms. The third kappa shape index (κ3) is 4.56. The summed E-state index contributed by atoms with van der Waals surface area (Å²) >= 11 is 0. The number of aryl methyl sites for hydroxylation is 1. The summed E-state index contributed by atoms with van der Waals surface area (Å²) in [5.74, 6) is 0.850. The Morgan fingerprint density at radius 3 is 1.52 bits per heavy atom. The summed E-state index contributed by atoms with van der Waals surface area (Å²) in [6.07, 6.45) is 0. The van der Waals surface area contributed by atoms with Crippen LogP contribution in [0, 0.1) is 6.92 Å². The van der Waals surface area contributed by atoms with Crippen molar-refractivity contribution in [2.75, 3.05) is 7.11 Å². The Bertz CT molecular complexity index is 1350. The van der Waals surface area contributed by atoms with Crippen LogP contribution in [0.5, 0.6) is 5.75 Å². The van der Waals surface area contributed by atoms with Crippen molar-refractivity contribution in [3.63, 3.8) is 0 Å². The summed E-state index contributed by atoms with van der Waals surface area (Å²) < 4.78 is 5.34. The van der Waals surface area contributed by atoms with Crippen LogP contribution in [-0.2, 0) is 0 Å². The first-order valence-corrected chi connectivity index (χ1v) is 11.1. The minimum Gasteiger partial charge on any atom is -0.497 e. The first kappa shape index (κ1) is 20.7. The van der Waals surface area contributed by atoms with E-state index in [9.17, 15) is 0 Å². The Balaban J connectivity index is 1.59. The molecule has 0 saturated heterocycles. The number of benzene rings is 4. The Hall–Kier alpha value is -4.17. The lowest BCUT2D eigenvalue weighted by atomic mass is 9.98. The van der Waals surface area contributed by atoms with Gasteiger partial charge in [0, 0.05) is 11.1 Å². The van der Waals surface area contributed by atoms with Crippen molar-refractivity contribution < 1.29 is 4.74 Å². The summed E-state index contributed by atoms with van der Waals surface area (Å²) in [6, 6.07) is 40.1. The van der Waals surface area contributed by atoms with Gasteiger partial charge in [-0.3, -0.25) is 0 Å². The van der Waals surface area contributed by atoms with Gasteiger partial charge in [-0.25, -0.2) is 4.98 Å². The third-order valence-corrected chi connectivity index (χ3v) is 5.88. The van der Waals surface area contributed by atoms with Crippen molar-refractivity contribution in [3.8, 4) is 50.5 Å². The zero-order chi connectivity index (χ0) is 22.6. The molecule has 0 amide bonds. The van der Waals surface area contributed by atoms with Crippen LogP contribution in [0.4, 0.5) is 0 Å². The summed E-state index contributed by atoms with van der Waals surface area (Å²) in [7, 11) is 1.69. The van der Waals surface area contributed by atoms with Gasteiger partial charge in [-0.15, -0.1) is 0 Å². The Morgan fingerprint density at radius 1 is 0.485 bits per heavy atom. The van der Waals surface area contributed by atoms with E-state index in [2.05, 4.69) is 104 Å². The van der Waals surface area contributed by atoms with Gasteiger partial charge < -0.3 is 4.74 Å². The molecule has 0 bridgehead atoms. The number of nitrogens with zero attached hydrogens (tertiary/aromatic N) is 1. The molecule has 2 nitrogen and oxygen atoms in total. The van der Waals surface area contributed by atoms with E-state index in [1.54, 1.807) is 7.11 Å². The van der Waals surface area contributed by atoms with Crippen LogP contribution in [0.2, 0.25) is 0 Å². The van der Waals surface area contributed by atoms with Gasteiger partial charge in [0.1, 0.15) is 5.75 Å². The second-order valence-electron chi connectivity index (χ2n) is 8.16. The topological polar surface area (TPSA) is 22.1 Å². The molecule has 0 unspecified atom stereocenters. The Labute approximate surface area is 195 Å². The summed E-state index contributed by atoms with van der Waals surface area (Å²) in [6.45, 7) is 2.10.